The lowest BCUT2D eigenvalue weighted by atomic mass is 10.1. The summed E-state index contributed by atoms with van der Waals surface area (Å²) in [5, 5.41) is 11.3. The molecule has 1 atom stereocenters. The molecule has 3 nitrogen and oxygen atoms in total. The van der Waals surface area contributed by atoms with Gasteiger partial charge in [-0.3, -0.25) is 4.79 Å². The van der Waals surface area contributed by atoms with E-state index in [1.165, 1.54) is 6.92 Å². The molecule has 0 fully saturated rings. The van der Waals surface area contributed by atoms with Crippen LogP contribution < -0.4 is 5.32 Å². The van der Waals surface area contributed by atoms with Crippen LogP contribution in [0.1, 0.15) is 23.7 Å². The summed E-state index contributed by atoms with van der Waals surface area (Å²) >= 11 is 0. The van der Waals surface area contributed by atoms with E-state index in [-0.39, 0.29) is 0 Å². The molecule has 0 saturated carbocycles. The zero-order valence-corrected chi connectivity index (χ0v) is 9.38. The number of benzene rings is 1. The van der Waals surface area contributed by atoms with Crippen LogP contribution in [0, 0.1) is 5.82 Å². The van der Waals surface area contributed by atoms with Gasteiger partial charge in [-0.2, -0.15) is 13.2 Å². The molecule has 0 aliphatic rings. The Hall–Kier alpha value is -1.79. The molecule has 1 amide bonds. The molecule has 1 aromatic rings. The van der Waals surface area contributed by atoms with Gasteiger partial charge in [0.15, 0.2) is 0 Å². The lowest BCUT2D eigenvalue weighted by Gasteiger charge is -2.16. The van der Waals surface area contributed by atoms with Gasteiger partial charge in [-0.25, -0.2) is 4.39 Å². The van der Waals surface area contributed by atoms with E-state index in [4.69, 9.17) is 0 Å². The number of hydrogen-bond acceptors (Lipinski definition) is 2. The normalized spacial score (nSPS) is 13.2. The summed E-state index contributed by atoms with van der Waals surface area (Å²) in [6, 6.07) is 1.48. The number of rotatable bonds is 3. The van der Waals surface area contributed by atoms with Crippen LogP contribution in [0.15, 0.2) is 18.2 Å². The lowest BCUT2D eigenvalue weighted by molar-refractivity contribution is -0.138. The van der Waals surface area contributed by atoms with Gasteiger partial charge in [0.25, 0.3) is 5.91 Å². The number of halogens is 4. The number of carbonyl (C=O) groups is 1. The quantitative estimate of drug-likeness (QED) is 0.825. The summed E-state index contributed by atoms with van der Waals surface area (Å²) in [7, 11) is 0. The average molecular weight is 265 g/mol. The highest BCUT2D eigenvalue weighted by Crippen LogP contribution is 2.22. The Morgan fingerprint density at radius 1 is 1.44 bits per heavy atom. The number of nitrogens with one attached hydrogen (secondary N) is 1. The molecule has 18 heavy (non-hydrogen) atoms. The predicted molar refractivity (Wildman–Crippen MR) is 55.7 cm³/mol. The van der Waals surface area contributed by atoms with Gasteiger partial charge < -0.3 is 10.4 Å². The van der Waals surface area contributed by atoms with Crippen LogP contribution in [0.2, 0.25) is 0 Å². The molecular formula is C11H11F4NO2. The van der Waals surface area contributed by atoms with E-state index in [1.54, 1.807) is 0 Å². The maximum absolute atomic E-state index is 12.8. The largest absolute Gasteiger partial charge is 0.507 e. The van der Waals surface area contributed by atoms with Crippen molar-refractivity contribution in [3.63, 3.8) is 0 Å². The van der Waals surface area contributed by atoms with Crippen molar-refractivity contribution in [1.29, 1.82) is 0 Å². The number of phenolic OH excluding ortho intramolecular Hbond substituents is 1. The highest BCUT2D eigenvalue weighted by Gasteiger charge is 2.30. The third kappa shape index (κ3) is 4.23. The first-order valence-electron chi connectivity index (χ1n) is 5.05. The number of amides is 1. The maximum atomic E-state index is 12.8. The Kier molecular flexibility index (Phi) is 4.15. The van der Waals surface area contributed by atoms with Crippen LogP contribution in [-0.4, -0.2) is 23.2 Å². The van der Waals surface area contributed by atoms with E-state index in [0.717, 1.165) is 18.2 Å². The van der Waals surface area contributed by atoms with Gasteiger partial charge in [0.05, 0.1) is 12.0 Å². The van der Waals surface area contributed by atoms with Crippen molar-refractivity contribution in [3.05, 3.63) is 29.6 Å². The summed E-state index contributed by atoms with van der Waals surface area (Å²) < 4.78 is 49.0. The van der Waals surface area contributed by atoms with Gasteiger partial charge in [-0.05, 0) is 25.1 Å². The zero-order valence-electron chi connectivity index (χ0n) is 9.38. The Labute approximate surface area is 100 Å². The molecular weight excluding hydrogens is 254 g/mol. The van der Waals surface area contributed by atoms with E-state index in [0.29, 0.717) is 0 Å². The fraction of sp³-hybridized carbons (Fsp3) is 0.364. The van der Waals surface area contributed by atoms with Crippen LogP contribution >= 0.6 is 0 Å². The molecule has 0 bridgehead atoms. The first kappa shape index (κ1) is 14.3. The van der Waals surface area contributed by atoms with E-state index >= 15 is 0 Å². The smallest absolute Gasteiger partial charge is 0.391 e. The highest BCUT2D eigenvalue weighted by molar-refractivity contribution is 5.96. The van der Waals surface area contributed by atoms with Crippen LogP contribution in [0.3, 0.4) is 0 Å². The minimum atomic E-state index is -4.41. The van der Waals surface area contributed by atoms with Crippen LogP contribution in [0.4, 0.5) is 17.6 Å². The molecule has 0 aliphatic heterocycles. The molecule has 0 radical (unpaired) electrons. The van der Waals surface area contributed by atoms with Crippen molar-refractivity contribution >= 4 is 5.91 Å². The van der Waals surface area contributed by atoms with Crippen LogP contribution in [0.5, 0.6) is 5.75 Å². The lowest BCUT2D eigenvalue weighted by Crippen LogP contribution is -2.36. The minimum absolute atomic E-state index is 0.399. The summed E-state index contributed by atoms with van der Waals surface area (Å²) in [4.78, 5) is 11.5. The van der Waals surface area contributed by atoms with E-state index in [9.17, 15) is 27.5 Å². The fourth-order valence-corrected chi connectivity index (χ4v) is 1.39. The van der Waals surface area contributed by atoms with Gasteiger partial charge in [0.2, 0.25) is 0 Å². The molecule has 2 N–H and O–H groups in total. The van der Waals surface area contributed by atoms with Crippen LogP contribution in [-0.2, 0) is 0 Å². The Balaban J connectivity index is 2.74. The minimum Gasteiger partial charge on any atom is -0.507 e. The summed E-state index contributed by atoms with van der Waals surface area (Å²) in [5.74, 6) is -2.21. The van der Waals surface area contributed by atoms with E-state index in [1.807, 2.05) is 5.32 Å². The Bertz CT molecular complexity index is 445. The Morgan fingerprint density at radius 2 is 2.06 bits per heavy atom. The molecule has 1 rings (SSSR count). The molecule has 0 saturated heterocycles. The number of aromatic hydroxyl groups is 1. The maximum Gasteiger partial charge on any atom is 0.391 e. The molecule has 7 heteroatoms. The molecule has 1 unspecified atom stereocenters. The fourth-order valence-electron chi connectivity index (χ4n) is 1.39. The monoisotopic (exact) mass is 265 g/mol. The number of alkyl halides is 3. The van der Waals surface area contributed by atoms with Crippen molar-refractivity contribution in [3.8, 4) is 5.75 Å². The molecule has 0 aliphatic carbocycles. The highest BCUT2D eigenvalue weighted by atomic mass is 19.4. The van der Waals surface area contributed by atoms with Gasteiger partial charge in [0.1, 0.15) is 11.6 Å². The van der Waals surface area contributed by atoms with Crippen molar-refractivity contribution in [2.24, 2.45) is 0 Å². The second-order valence-corrected chi connectivity index (χ2v) is 3.86. The third-order valence-corrected chi connectivity index (χ3v) is 2.12. The Morgan fingerprint density at radius 3 is 2.61 bits per heavy atom. The van der Waals surface area contributed by atoms with Gasteiger partial charge in [0, 0.05) is 6.04 Å². The molecule has 1 aromatic carbocycles. The van der Waals surface area contributed by atoms with Crippen LogP contribution in [0.25, 0.3) is 0 Å². The molecule has 0 aromatic heterocycles. The summed E-state index contributed by atoms with van der Waals surface area (Å²) in [6.45, 7) is 1.17. The molecule has 100 valence electrons. The first-order chi connectivity index (χ1) is 8.19. The number of hydrogen-bond donors (Lipinski definition) is 2. The first-order valence-corrected chi connectivity index (χ1v) is 5.05. The zero-order chi connectivity index (χ0) is 13.9. The predicted octanol–water partition coefficient (Wildman–Crippen LogP) is 2.60. The third-order valence-electron chi connectivity index (χ3n) is 2.12. The topological polar surface area (TPSA) is 49.3 Å². The summed E-state index contributed by atoms with van der Waals surface area (Å²) in [6.07, 6.45) is -5.61. The number of phenols is 1. The SMILES string of the molecule is CC(CC(F)(F)F)NC(=O)c1cc(F)ccc1O. The number of carbonyl (C=O) groups excluding carboxylic acids is 1. The van der Waals surface area contributed by atoms with E-state index in [2.05, 4.69) is 0 Å². The van der Waals surface area contributed by atoms with E-state index < -0.39 is 41.7 Å². The van der Waals surface area contributed by atoms with Gasteiger partial charge in [-0.15, -0.1) is 0 Å². The summed E-state index contributed by atoms with van der Waals surface area (Å²) in [5.41, 5.74) is -0.399. The van der Waals surface area contributed by atoms with Gasteiger partial charge >= 0.3 is 6.18 Å². The standard InChI is InChI=1S/C11H11F4NO2/c1-6(5-11(13,14)15)16-10(18)8-4-7(12)2-3-9(8)17/h2-4,6,17H,5H2,1H3,(H,16,18). The average Bonchev–Trinajstić information content (AvgIpc) is 2.18. The van der Waals surface area contributed by atoms with Crippen molar-refractivity contribution in [2.45, 2.75) is 25.6 Å². The van der Waals surface area contributed by atoms with Crippen molar-refractivity contribution in [1.82, 2.24) is 5.32 Å². The second-order valence-electron chi connectivity index (χ2n) is 3.86. The molecule has 0 heterocycles. The molecule has 0 spiro atoms. The van der Waals surface area contributed by atoms with Gasteiger partial charge in [-0.1, -0.05) is 0 Å². The second kappa shape index (κ2) is 5.24. The van der Waals surface area contributed by atoms with Crippen molar-refractivity contribution in [2.75, 3.05) is 0 Å². The van der Waals surface area contributed by atoms with Crippen molar-refractivity contribution < 1.29 is 27.5 Å².